The molecule has 1 unspecified atom stereocenters. The summed E-state index contributed by atoms with van der Waals surface area (Å²) in [7, 11) is 0. The number of para-hydroxylation sites is 1. The summed E-state index contributed by atoms with van der Waals surface area (Å²) in [6.07, 6.45) is 2.32. The fraction of sp³-hybridized carbons (Fsp3) is 0.238. The number of carboxylic acids is 1. The van der Waals surface area contributed by atoms with Crippen LogP contribution in [0.4, 0.5) is 0 Å². The summed E-state index contributed by atoms with van der Waals surface area (Å²) < 4.78 is 0. The van der Waals surface area contributed by atoms with Gasteiger partial charge in [0, 0.05) is 17.6 Å². The first-order chi connectivity index (χ1) is 12.6. The van der Waals surface area contributed by atoms with Crippen molar-refractivity contribution in [2.75, 3.05) is 0 Å². The Kier molecular flexibility index (Phi) is 4.21. The van der Waals surface area contributed by atoms with Crippen molar-refractivity contribution in [3.63, 3.8) is 0 Å². The van der Waals surface area contributed by atoms with Gasteiger partial charge in [-0.05, 0) is 36.5 Å². The van der Waals surface area contributed by atoms with Gasteiger partial charge in [-0.25, -0.2) is 0 Å². The van der Waals surface area contributed by atoms with Crippen LogP contribution in [0.15, 0.2) is 48.5 Å². The third-order valence-electron chi connectivity index (χ3n) is 5.08. The standard InChI is InChI=1S/C21H20N2O3/c24-20(22-12-13-6-2-1-3-7-13)16-10-4-8-14-15-9-5-11-17(21(25)26)19(15)23-18(14)16/h1-4,6-8,10,17,23H,5,9,11-12H2,(H,22,24)(H,25,26). The topological polar surface area (TPSA) is 82.2 Å². The third-order valence-corrected chi connectivity index (χ3v) is 5.08. The molecule has 132 valence electrons. The van der Waals surface area contributed by atoms with Gasteiger partial charge in [0.25, 0.3) is 5.91 Å². The molecule has 0 aliphatic heterocycles. The number of aromatic amines is 1. The molecule has 26 heavy (non-hydrogen) atoms. The zero-order valence-corrected chi connectivity index (χ0v) is 14.3. The Morgan fingerprint density at radius 3 is 2.69 bits per heavy atom. The molecular weight excluding hydrogens is 328 g/mol. The molecule has 2 aromatic carbocycles. The van der Waals surface area contributed by atoms with E-state index in [0.717, 1.165) is 40.6 Å². The molecule has 1 aromatic heterocycles. The summed E-state index contributed by atoms with van der Waals surface area (Å²) in [4.78, 5) is 27.5. The van der Waals surface area contributed by atoms with Crippen LogP contribution in [0.5, 0.6) is 0 Å². The van der Waals surface area contributed by atoms with E-state index in [1.807, 2.05) is 42.5 Å². The number of hydrogen-bond donors (Lipinski definition) is 3. The number of carbonyl (C=O) groups is 2. The minimum Gasteiger partial charge on any atom is -0.481 e. The smallest absolute Gasteiger partial charge is 0.312 e. The van der Waals surface area contributed by atoms with Gasteiger partial charge >= 0.3 is 5.97 Å². The Bertz CT molecular complexity index is 976. The van der Waals surface area contributed by atoms with Crippen LogP contribution < -0.4 is 5.32 Å². The normalized spacial score (nSPS) is 16.2. The van der Waals surface area contributed by atoms with Crippen molar-refractivity contribution in [1.29, 1.82) is 0 Å². The average molecular weight is 348 g/mol. The van der Waals surface area contributed by atoms with Crippen molar-refractivity contribution >= 4 is 22.8 Å². The minimum atomic E-state index is -0.812. The first-order valence-corrected chi connectivity index (χ1v) is 8.83. The molecule has 5 heteroatoms. The van der Waals surface area contributed by atoms with E-state index in [-0.39, 0.29) is 5.91 Å². The van der Waals surface area contributed by atoms with Crippen LogP contribution in [-0.2, 0) is 17.8 Å². The quantitative estimate of drug-likeness (QED) is 0.674. The summed E-state index contributed by atoms with van der Waals surface area (Å²) in [6.45, 7) is 0.453. The molecule has 1 atom stereocenters. The number of nitrogens with one attached hydrogen (secondary N) is 2. The molecule has 0 spiro atoms. The lowest BCUT2D eigenvalue weighted by Gasteiger charge is -2.18. The highest BCUT2D eigenvalue weighted by Gasteiger charge is 2.30. The maximum Gasteiger partial charge on any atom is 0.312 e. The van der Waals surface area contributed by atoms with Crippen LogP contribution in [-0.4, -0.2) is 22.0 Å². The average Bonchev–Trinajstić information content (AvgIpc) is 3.05. The lowest BCUT2D eigenvalue weighted by Crippen LogP contribution is -2.23. The fourth-order valence-corrected chi connectivity index (χ4v) is 3.80. The number of carboxylic acid groups (broad SMARTS) is 1. The summed E-state index contributed by atoms with van der Waals surface area (Å²) in [5.74, 6) is -1.50. The molecule has 1 aliphatic rings. The van der Waals surface area contributed by atoms with Crippen molar-refractivity contribution in [1.82, 2.24) is 10.3 Å². The molecule has 1 amide bonds. The zero-order chi connectivity index (χ0) is 18.1. The summed E-state index contributed by atoms with van der Waals surface area (Å²) in [6, 6.07) is 15.3. The molecule has 0 fully saturated rings. The molecule has 3 aromatic rings. The van der Waals surface area contributed by atoms with Crippen molar-refractivity contribution in [2.24, 2.45) is 0 Å². The zero-order valence-electron chi connectivity index (χ0n) is 14.3. The van der Waals surface area contributed by atoms with Gasteiger partial charge in [0.15, 0.2) is 0 Å². The molecule has 0 saturated heterocycles. The number of rotatable bonds is 4. The lowest BCUT2D eigenvalue weighted by atomic mass is 9.87. The van der Waals surface area contributed by atoms with Gasteiger partial charge in [0.2, 0.25) is 0 Å². The Hall–Kier alpha value is -3.08. The summed E-state index contributed by atoms with van der Waals surface area (Å²) in [5, 5.41) is 13.4. The number of aromatic nitrogens is 1. The predicted octanol–water partition coefficient (Wildman–Crippen LogP) is 3.60. The molecule has 0 radical (unpaired) electrons. The van der Waals surface area contributed by atoms with Gasteiger partial charge in [-0.1, -0.05) is 42.5 Å². The van der Waals surface area contributed by atoms with Crippen LogP contribution in [0, 0.1) is 0 Å². The van der Waals surface area contributed by atoms with E-state index in [1.54, 1.807) is 6.07 Å². The Balaban J connectivity index is 1.68. The maximum atomic E-state index is 12.7. The molecule has 1 heterocycles. The van der Waals surface area contributed by atoms with E-state index in [1.165, 1.54) is 0 Å². The highest BCUT2D eigenvalue weighted by Crippen LogP contribution is 2.37. The van der Waals surface area contributed by atoms with Gasteiger partial charge in [0.05, 0.1) is 17.0 Å². The number of aliphatic carboxylic acids is 1. The van der Waals surface area contributed by atoms with Crippen molar-refractivity contribution in [2.45, 2.75) is 31.7 Å². The highest BCUT2D eigenvalue weighted by atomic mass is 16.4. The first kappa shape index (κ1) is 16.4. The number of hydrogen-bond acceptors (Lipinski definition) is 2. The minimum absolute atomic E-state index is 0.162. The predicted molar refractivity (Wildman–Crippen MR) is 99.2 cm³/mol. The number of aryl methyl sites for hydroxylation is 1. The van der Waals surface area contributed by atoms with E-state index in [4.69, 9.17) is 0 Å². The number of amides is 1. The molecule has 1 aliphatic carbocycles. The van der Waals surface area contributed by atoms with Gasteiger partial charge < -0.3 is 15.4 Å². The van der Waals surface area contributed by atoms with Crippen LogP contribution in [0.2, 0.25) is 0 Å². The van der Waals surface area contributed by atoms with E-state index < -0.39 is 11.9 Å². The van der Waals surface area contributed by atoms with Gasteiger partial charge in [0.1, 0.15) is 0 Å². The highest BCUT2D eigenvalue weighted by molar-refractivity contribution is 6.07. The number of benzene rings is 2. The van der Waals surface area contributed by atoms with E-state index in [9.17, 15) is 14.7 Å². The number of carbonyl (C=O) groups excluding carboxylic acids is 1. The summed E-state index contributed by atoms with van der Waals surface area (Å²) in [5.41, 5.74) is 4.11. The van der Waals surface area contributed by atoms with Crippen molar-refractivity contribution in [3.05, 3.63) is 70.9 Å². The fourth-order valence-electron chi connectivity index (χ4n) is 3.80. The molecular formula is C21H20N2O3. The number of fused-ring (bicyclic) bond motifs is 3. The Morgan fingerprint density at radius 2 is 1.92 bits per heavy atom. The second kappa shape index (κ2) is 6.67. The largest absolute Gasteiger partial charge is 0.481 e. The Labute approximate surface area is 151 Å². The molecule has 4 rings (SSSR count). The maximum absolute atomic E-state index is 12.7. The van der Waals surface area contributed by atoms with E-state index >= 15 is 0 Å². The van der Waals surface area contributed by atoms with Crippen LogP contribution >= 0.6 is 0 Å². The Morgan fingerprint density at radius 1 is 1.12 bits per heavy atom. The lowest BCUT2D eigenvalue weighted by molar-refractivity contribution is -0.139. The monoisotopic (exact) mass is 348 g/mol. The van der Waals surface area contributed by atoms with Crippen LogP contribution in [0.1, 0.15) is 45.9 Å². The molecule has 0 bridgehead atoms. The van der Waals surface area contributed by atoms with Gasteiger partial charge in [-0.15, -0.1) is 0 Å². The molecule has 0 saturated carbocycles. The van der Waals surface area contributed by atoms with Crippen LogP contribution in [0.25, 0.3) is 10.9 Å². The SMILES string of the molecule is O=C(NCc1ccccc1)c1cccc2c3c([nH]c12)C(C(=O)O)CCC3. The number of H-pyrrole nitrogens is 1. The molecule has 5 nitrogen and oxygen atoms in total. The summed E-state index contributed by atoms with van der Waals surface area (Å²) >= 11 is 0. The van der Waals surface area contributed by atoms with E-state index in [0.29, 0.717) is 18.5 Å². The third kappa shape index (κ3) is 2.86. The second-order valence-electron chi connectivity index (χ2n) is 6.70. The van der Waals surface area contributed by atoms with Crippen molar-refractivity contribution in [3.8, 4) is 0 Å². The van der Waals surface area contributed by atoms with E-state index in [2.05, 4.69) is 10.3 Å². The van der Waals surface area contributed by atoms with Gasteiger partial charge in [-0.3, -0.25) is 9.59 Å². The van der Waals surface area contributed by atoms with Gasteiger partial charge in [-0.2, -0.15) is 0 Å². The second-order valence-corrected chi connectivity index (χ2v) is 6.70. The molecule has 3 N–H and O–H groups in total. The first-order valence-electron chi connectivity index (χ1n) is 8.83. The van der Waals surface area contributed by atoms with Crippen molar-refractivity contribution < 1.29 is 14.7 Å². The van der Waals surface area contributed by atoms with Crippen LogP contribution in [0.3, 0.4) is 0 Å².